The van der Waals surface area contributed by atoms with Gasteiger partial charge in [-0.25, -0.2) is 0 Å². The van der Waals surface area contributed by atoms with Gasteiger partial charge in [-0.2, -0.15) is 0 Å². The molecule has 4 N–H and O–H groups in total. The number of phenols is 2. The van der Waals surface area contributed by atoms with Crippen LogP contribution in [0.1, 0.15) is 21.7 Å². The number of aromatic hydroxyl groups is 2. The van der Waals surface area contributed by atoms with E-state index in [1.54, 1.807) is 12.1 Å². The molecular formula is C22H22N2O5. The van der Waals surface area contributed by atoms with Crippen molar-refractivity contribution in [3.8, 4) is 11.5 Å². The van der Waals surface area contributed by atoms with Gasteiger partial charge in [-0.1, -0.05) is 36.4 Å². The molecular weight excluding hydrogens is 372 g/mol. The Morgan fingerprint density at radius 3 is 2.41 bits per heavy atom. The molecule has 7 heteroatoms. The Hall–Kier alpha value is -3.74. The maximum absolute atomic E-state index is 12.7. The first-order valence-corrected chi connectivity index (χ1v) is 9.20. The van der Waals surface area contributed by atoms with Crippen LogP contribution in [-0.2, 0) is 17.6 Å². The van der Waals surface area contributed by atoms with Crippen molar-refractivity contribution in [2.75, 3.05) is 6.54 Å². The van der Waals surface area contributed by atoms with E-state index >= 15 is 0 Å². The van der Waals surface area contributed by atoms with E-state index in [-0.39, 0.29) is 23.2 Å². The van der Waals surface area contributed by atoms with Gasteiger partial charge in [-0.05, 0) is 41.8 Å². The third-order valence-corrected chi connectivity index (χ3v) is 4.40. The number of hydrogen-bond donors (Lipinski definition) is 4. The van der Waals surface area contributed by atoms with Gasteiger partial charge in [-0.15, -0.1) is 0 Å². The van der Waals surface area contributed by atoms with Crippen LogP contribution in [0.5, 0.6) is 11.5 Å². The zero-order valence-corrected chi connectivity index (χ0v) is 15.7. The van der Waals surface area contributed by atoms with E-state index in [0.717, 1.165) is 11.1 Å². The minimum Gasteiger partial charge on any atom is -0.504 e. The highest BCUT2D eigenvalue weighted by Crippen LogP contribution is 2.24. The molecule has 0 saturated carbocycles. The molecule has 2 amide bonds. The summed E-state index contributed by atoms with van der Waals surface area (Å²) >= 11 is 0. The number of benzene rings is 2. The Labute approximate surface area is 168 Å². The highest BCUT2D eigenvalue weighted by atomic mass is 16.3. The summed E-state index contributed by atoms with van der Waals surface area (Å²) in [7, 11) is 0. The van der Waals surface area contributed by atoms with E-state index < -0.39 is 11.9 Å². The van der Waals surface area contributed by atoms with E-state index in [0.29, 0.717) is 19.4 Å². The van der Waals surface area contributed by atoms with E-state index in [1.165, 1.54) is 24.5 Å². The van der Waals surface area contributed by atoms with Crippen LogP contribution in [0.4, 0.5) is 0 Å². The Kier molecular flexibility index (Phi) is 6.52. The molecule has 0 aliphatic heterocycles. The Bertz CT molecular complexity index is 955. The molecule has 150 valence electrons. The van der Waals surface area contributed by atoms with Crippen molar-refractivity contribution in [2.24, 2.45) is 0 Å². The lowest BCUT2D eigenvalue weighted by Gasteiger charge is -2.18. The average Bonchev–Trinajstić information content (AvgIpc) is 3.26. The predicted molar refractivity (Wildman–Crippen MR) is 107 cm³/mol. The Morgan fingerprint density at radius 1 is 0.931 bits per heavy atom. The van der Waals surface area contributed by atoms with Crippen LogP contribution in [0.3, 0.4) is 0 Å². The van der Waals surface area contributed by atoms with Gasteiger partial charge in [0.25, 0.3) is 5.91 Å². The van der Waals surface area contributed by atoms with Crippen LogP contribution in [0, 0.1) is 0 Å². The molecule has 0 fully saturated rings. The van der Waals surface area contributed by atoms with E-state index in [2.05, 4.69) is 10.6 Å². The molecule has 0 bridgehead atoms. The molecule has 1 atom stereocenters. The summed E-state index contributed by atoms with van der Waals surface area (Å²) in [5.41, 5.74) is 1.68. The zero-order valence-electron chi connectivity index (χ0n) is 15.7. The van der Waals surface area contributed by atoms with Crippen molar-refractivity contribution < 1.29 is 24.2 Å². The summed E-state index contributed by atoms with van der Waals surface area (Å²) < 4.78 is 5.10. The van der Waals surface area contributed by atoms with Crippen LogP contribution >= 0.6 is 0 Å². The maximum Gasteiger partial charge on any atom is 0.287 e. The number of hydrogen-bond acceptors (Lipinski definition) is 5. The van der Waals surface area contributed by atoms with Crippen LogP contribution in [0.2, 0.25) is 0 Å². The topological polar surface area (TPSA) is 112 Å². The van der Waals surface area contributed by atoms with Gasteiger partial charge in [0.1, 0.15) is 6.04 Å². The van der Waals surface area contributed by atoms with Gasteiger partial charge in [-0.3, -0.25) is 9.59 Å². The number of amides is 2. The second kappa shape index (κ2) is 9.45. The smallest absolute Gasteiger partial charge is 0.287 e. The first kappa shape index (κ1) is 20.0. The fourth-order valence-electron chi connectivity index (χ4n) is 2.87. The highest BCUT2D eigenvalue weighted by molar-refractivity contribution is 5.95. The third kappa shape index (κ3) is 5.62. The van der Waals surface area contributed by atoms with E-state index in [4.69, 9.17) is 4.42 Å². The third-order valence-electron chi connectivity index (χ3n) is 4.40. The molecule has 1 heterocycles. The van der Waals surface area contributed by atoms with Crippen LogP contribution in [-0.4, -0.2) is 34.6 Å². The molecule has 29 heavy (non-hydrogen) atoms. The number of carbonyl (C=O) groups is 2. The first-order chi connectivity index (χ1) is 14.0. The SMILES string of the molecule is O=C(NC(Cc1ccccc1)C(=O)NCCc1ccc(O)c(O)c1)c1ccco1. The highest BCUT2D eigenvalue weighted by Gasteiger charge is 2.22. The largest absolute Gasteiger partial charge is 0.504 e. The van der Waals surface area contributed by atoms with Crippen molar-refractivity contribution >= 4 is 11.8 Å². The summed E-state index contributed by atoms with van der Waals surface area (Å²) in [6.07, 6.45) is 2.19. The summed E-state index contributed by atoms with van der Waals surface area (Å²) in [6.45, 7) is 0.310. The van der Waals surface area contributed by atoms with Gasteiger partial charge >= 0.3 is 0 Å². The Balaban J connectivity index is 1.62. The lowest BCUT2D eigenvalue weighted by Crippen LogP contribution is -2.48. The van der Waals surface area contributed by atoms with Gasteiger partial charge in [0.05, 0.1) is 6.26 Å². The van der Waals surface area contributed by atoms with Gasteiger partial charge in [0.2, 0.25) is 5.91 Å². The molecule has 0 aliphatic rings. The molecule has 2 aromatic carbocycles. The molecule has 3 aromatic rings. The standard InChI is InChI=1S/C22H22N2O5/c25-18-9-8-16(14-19(18)26)10-11-23-21(27)17(13-15-5-2-1-3-6-15)24-22(28)20-7-4-12-29-20/h1-9,12,14,17,25-26H,10-11,13H2,(H,23,27)(H,24,28). The molecule has 0 spiro atoms. The number of carbonyl (C=O) groups excluding carboxylic acids is 2. The molecule has 0 radical (unpaired) electrons. The minimum absolute atomic E-state index is 0.135. The Morgan fingerprint density at radius 2 is 1.72 bits per heavy atom. The molecule has 0 saturated heterocycles. The number of nitrogens with one attached hydrogen (secondary N) is 2. The molecule has 7 nitrogen and oxygen atoms in total. The predicted octanol–water partition coefficient (Wildman–Crippen LogP) is 2.39. The second-order valence-electron chi connectivity index (χ2n) is 6.56. The van der Waals surface area contributed by atoms with Crippen molar-refractivity contribution in [1.29, 1.82) is 0 Å². The summed E-state index contributed by atoms with van der Waals surface area (Å²) in [5.74, 6) is -1.05. The van der Waals surface area contributed by atoms with Crippen LogP contribution in [0.15, 0.2) is 71.3 Å². The number of furan rings is 1. The average molecular weight is 394 g/mol. The quantitative estimate of drug-likeness (QED) is 0.438. The number of rotatable bonds is 8. The summed E-state index contributed by atoms with van der Waals surface area (Å²) in [4.78, 5) is 25.1. The van der Waals surface area contributed by atoms with Crippen molar-refractivity contribution in [3.05, 3.63) is 83.8 Å². The van der Waals surface area contributed by atoms with Crippen LogP contribution in [0.25, 0.3) is 0 Å². The zero-order chi connectivity index (χ0) is 20.6. The fraction of sp³-hybridized carbons (Fsp3) is 0.182. The lowest BCUT2D eigenvalue weighted by atomic mass is 10.0. The molecule has 3 rings (SSSR count). The number of phenolic OH excluding ortho intramolecular Hbond substituents is 2. The fourth-order valence-corrected chi connectivity index (χ4v) is 2.87. The minimum atomic E-state index is -0.775. The summed E-state index contributed by atoms with van der Waals surface area (Å²) in [6, 6.07) is 16.3. The summed E-state index contributed by atoms with van der Waals surface area (Å²) in [5, 5.41) is 24.4. The second-order valence-corrected chi connectivity index (χ2v) is 6.56. The van der Waals surface area contributed by atoms with Crippen molar-refractivity contribution in [3.63, 3.8) is 0 Å². The van der Waals surface area contributed by atoms with Crippen LogP contribution < -0.4 is 10.6 Å². The molecule has 1 unspecified atom stereocenters. The normalized spacial score (nSPS) is 11.6. The van der Waals surface area contributed by atoms with Gasteiger partial charge < -0.3 is 25.3 Å². The van der Waals surface area contributed by atoms with E-state index in [9.17, 15) is 19.8 Å². The van der Waals surface area contributed by atoms with Gasteiger partial charge in [0.15, 0.2) is 17.3 Å². The van der Waals surface area contributed by atoms with Gasteiger partial charge in [0, 0.05) is 13.0 Å². The van der Waals surface area contributed by atoms with Crippen molar-refractivity contribution in [2.45, 2.75) is 18.9 Å². The monoisotopic (exact) mass is 394 g/mol. The lowest BCUT2D eigenvalue weighted by molar-refractivity contribution is -0.122. The van der Waals surface area contributed by atoms with Crippen molar-refractivity contribution in [1.82, 2.24) is 10.6 Å². The maximum atomic E-state index is 12.7. The van der Waals surface area contributed by atoms with E-state index in [1.807, 2.05) is 30.3 Å². The first-order valence-electron chi connectivity index (χ1n) is 9.20. The molecule has 0 aliphatic carbocycles. The molecule has 1 aromatic heterocycles.